The molecular weight excluding hydrogens is 396 g/mol. The Hall–Kier alpha value is -2.08. The van der Waals surface area contributed by atoms with Crippen molar-refractivity contribution in [2.45, 2.75) is 102 Å². The van der Waals surface area contributed by atoms with E-state index in [0.29, 0.717) is 11.8 Å². The van der Waals surface area contributed by atoms with Gasteiger partial charge in [0.1, 0.15) is 0 Å². The van der Waals surface area contributed by atoms with Crippen LogP contribution in [0.5, 0.6) is 0 Å². The summed E-state index contributed by atoms with van der Waals surface area (Å²) in [6, 6.07) is 0. The molecule has 0 nitrogen and oxygen atoms in total. The Labute approximate surface area is 203 Å². The van der Waals surface area contributed by atoms with Crippen LogP contribution in [0.2, 0.25) is 0 Å². The zero-order valence-electron chi connectivity index (χ0n) is 23.4. The molecule has 0 spiro atoms. The summed E-state index contributed by atoms with van der Waals surface area (Å²) in [5, 5.41) is 0. The lowest BCUT2D eigenvalue weighted by molar-refractivity contribution is 0.497. The van der Waals surface area contributed by atoms with E-state index in [0.717, 1.165) is 6.42 Å². The Morgan fingerprint density at radius 2 is 1.12 bits per heavy atom. The highest BCUT2D eigenvalue weighted by Gasteiger charge is 2.37. The number of rotatable bonds is 2. The molecule has 0 aromatic heterocycles. The molecule has 0 heterocycles. The van der Waals surface area contributed by atoms with Gasteiger partial charge >= 0.3 is 0 Å². The normalized spacial score (nSPS) is 17.8. The Morgan fingerprint density at radius 1 is 0.667 bits per heavy atom. The van der Waals surface area contributed by atoms with Crippen LogP contribution in [0.4, 0.5) is 0 Å². The summed E-state index contributed by atoms with van der Waals surface area (Å²) in [5.74, 6) is 0.962. The fraction of sp³-hybridized carbons (Fsp3) is 0.515. The van der Waals surface area contributed by atoms with Crippen molar-refractivity contribution in [2.75, 3.05) is 0 Å². The van der Waals surface area contributed by atoms with Gasteiger partial charge in [0.25, 0.3) is 0 Å². The van der Waals surface area contributed by atoms with Gasteiger partial charge in [-0.1, -0.05) is 53.2 Å². The summed E-state index contributed by atoms with van der Waals surface area (Å²) in [6.45, 7) is 30.7. The molecule has 176 valence electrons. The summed E-state index contributed by atoms with van der Waals surface area (Å²) < 4.78 is 0. The van der Waals surface area contributed by atoms with Crippen LogP contribution in [0.3, 0.4) is 0 Å². The summed E-state index contributed by atoms with van der Waals surface area (Å²) >= 11 is 0. The van der Waals surface area contributed by atoms with Gasteiger partial charge in [-0.3, -0.25) is 0 Å². The highest BCUT2D eigenvalue weighted by atomic mass is 14.4. The minimum absolute atomic E-state index is 0.203. The second-order valence-corrected chi connectivity index (χ2v) is 12.2. The quantitative estimate of drug-likeness (QED) is 0.436. The number of fused-ring (bicyclic) bond motifs is 3. The standard InChI is InChI=1S/C33H44/c1-16(2)26-14-25(33(11,12)13)15-27(26)29-21(7)19(5)23(9)31-30-22(8)18(4)17(3)20(6)28(30)24(10)32(29)31/h14,16,24H,15H2,1-13H3. The third-order valence-electron chi connectivity index (χ3n) is 9.20. The van der Waals surface area contributed by atoms with E-state index in [9.17, 15) is 0 Å². The predicted octanol–water partition coefficient (Wildman–Crippen LogP) is 9.76. The first-order valence-corrected chi connectivity index (χ1v) is 12.9. The topological polar surface area (TPSA) is 0 Å². The van der Waals surface area contributed by atoms with Crippen molar-refractivity contribution >= 4 is 5.57 Å². The van der Waals surface area contributed by atoms with E-state index in [4.69, 9.17) is 0 Å². The third-order valence-corrected chi connectivity index (χ3v) is 9.20. The molecule has 4 rings (SSSR count). The molecule has 2 aromatic carbocycles. The van der Waals surface area contributed by atoms with Gasteiger partial charge in [0, 0.05) is 5.92 Å². The molecule has 1 atom stereocenters. The fourth-order valence-electron chi connectivity index (χ4n) is 6.53. The first-order valence-electron chi connectivity index (χ1n) is 12.9. The molecule has 33 heavy (non-hydrogen) atoms. The molecule has 0 bridgehead atoms. The van der Waals surface area contributed by atoms with Crippen LogP contribution in [0.1, 0.15) is 110 Å². The van der Waals surface area contributed by atoms with Gasteiger partial charge in [-0.15, -0.1) is 0 Å². The molecule has 0 N–H and O–H groups in total. The van der Waals surface area contributed by atoms with E-state index in [1.807, 2.05) is 0 Å². The minimum Gasteiger partial charge on any atom is -0.0601 e. The average Bonchev–Trinajstić information content (AvgIpc) is 3.30. The Balaban J connectivity index is 2.11. The highest BCUT2D eigenvalue weighted by Crippen LogP contribution is 2.56. The monoisotopic (exact) mass is 440 g/mol. The van der Waals surface area contributed by atoms with Gasteiger partial charge in [0.05, 0.1) is 0 Å². The van der Waals surface area contributed by atoms with Gasteiger partial charge in [-0.2, -0.15) is 0 Å². The molecule has 0 radical (unpaired) electrons. The predicted molar refractivity (Wildman–Crippen MR) is 146 cm³/mol. The number of benzene rings is 2. The van der Waals surface area contributed by atoms with Gasteiger partial charge in [-0.25, -0.2) is 0 Å². The van der Waals surface area contributed by atoms with Gasteiger partial charge in [-0.05, 0) is 144 Å². The average molecular weight is 441 g/mol. The summed E-state index contributed by atoms with van der Waals surface area (Å²) in [4.78, 5) is 0. The van der Waals surface area contributed by atoms with Crippen LogP contribution in [-0.2, 0) is 0 Å². The van der Waals surface area contributed by atoms with Crippen molar-refractivity contribution in [1.82, 2.24) is 0 Å². The second-order valence-electron chi connectivity index (χ2n) is 12.2. The minimum atomic E-state index is 0.203. The van der Waals surface area contributed by atoms with Crippen LogP contribution >= 0.6 is 0 Å². The fourth-order valence-corrected chi connectivity index (χ4v) is 6.53. The van der Waals surface area contributed by atoms with E-state index in [2.05, 4.69) is 96.1 Å². The van der Waals surface area contributed by atoms with Gasteiger partial charge < -0.3 is 0 Å². The molecule has 2 aromatic rings. The van der Waals surface area contributed by atoms with E-state index in [-0.39, 0.29) is 5.41 Å². The molecule has 2 aliphatic carbocycles. The van der Waals surface area contributed by atoms with Crippen molar-refractivity contribution in [2.24, 2.45) is 11.3 Å². The van der Waals surface area contributed by atoms with E-state index >= 15 is 0 Å². The van der Waals surface area contributed by atoms with Crippen molar-refractivity contribution in [3.8, 4) is 11.1 Å². The second kappa shape index (κ2) is 7.72. The highest BCUT2D eigenvalue weighted by molar-refractivity contribution is 5.93. The SMILES string of the molecule is Cc1c(C)c(C)c2c(c1C)-c1c(C)c(C)c(C)c(C3=C(C(C)C)C=C(C(C)(C)C)C3)c1C2C. The Morgan fingerprint density at radius 3 is 1.64 bits per heavy atom. The zero-order chi connectivity index (χ0) is 24.7. The van der Waals surface area contributed by atoms with Crippen LogP contribution in [-0.4, -0.2) is 0 Å². The van der Waals surface area contributed by atoms with Crippen molar-refractivity contribution in [3.63, 3.8) is 0 Å². The van der Waals surface area contributed by atoms with Gasteiger partial charge in [0.2, 0.25) is 0 Å². The maximum atomic E-state index is 2.54. The molecule has 1 unspecified atom stereocenters. The van der Waals surface area contributed by atoms with Crippen molar-refractivity contribution in [1.29, 1.82) is 0 Å². The van der Waals surface area contributed by atoms with E-state index in [1.165, 1.54) is 44.5 Å². The first kappa shape index (κ1) is 24.1. The lowest BCUT2D eigenvalue weighted by Crippen LogP contribution is -2.09. The van der Waals surface area contributed by atoms with Crippen molar-refractivity contribution < 1.29 is 0 Å². The lowest BCUT2D eigenvalue weighted by atomic mass is 9.79. The van der Waals surface area contributed by atoms with E-state index < -0.39 is 0 Å². The molecule has 0 saturated carbocycles. The third kappa shape index (κ3) is 3.31. The smallest absolute Gasteiger partial charge is 0.00823 e. The molecule has 0 saturated heterocycles. The summed E-state index contributed by atoms with van der Waals surface area (Å²) in [5.41, 5.74) is 23.1. The first-order chi connectivity index (χ1) is 15.2. The van der Waals surface area contributed by atoms with Crippen LogP contribution in [0.15, 0.2) is 17.2 Å². The molecular formula is C33H44. The maximum Gasteiger partial charge on any atom is 0.00823 e. The van der Waals surface area contributed by atoms with Crippen LogP contribution < -0.4 is 0 Å². The largest absolute Gasteiger partial charge is 0.0601 e. The Bertz CT molecular complexity index is 1250. The number of hydrogen-bond donors (Lipinski definition) is 0. The molecule has 0 fully saturated rings. The molecule has 0 aliphatic heterocycles. The van der Waals surface area contributed by atoms with Gasteiger partial charge in [0.15, 0.2) is 0 Å². The zero-order valence-corrected chi connectivity index (χ0v) is 23.4. The maximum absolute atomic E-state index is 2.54. The Kier molecular flexibility index (Phi) is 5.63. The summed E-state index contributed by atoms with van der Waals surface area (Å²) in [6.07, 6.45) is 3.63. The number of hydrogen-bond acceptors (Lipinski definition) is 0. The van der Waals surface area contributed by atoms with Crippen LogP contribution in [0, 0.1) is 59.8 Å². The molecule has 2 aliphatic rings. The van der Waals surface area contributed by atoms with Crippen LogP contribution in [0.25, 0.3) is 16.7 Å². The summed E-state index contributed by atoms with van der Waals surface area (Å²) in [7, 11) is 0. The lowest BCUT2D eigenvalue weighted by Gasteiger charge is -2.25. The van der Waals surface area contributed by atoms with E-state index in [1.54, 1.807) is 39.0 Å². The van der Waals surface area contributed by atoms with Crippen molar-refractivity contribution in [3.05, 3.63) is 72.9 Å². The number of allylic oxidation sites excluding steroid dienone is 4. The molecule has 0 heteroatoms. The molecule has 0 amide bonds.